The summed E-state index contributed by atoms with van der Waals surface area (Å²) in [7, 11) is 0. The summed E-state index contributed by atoms with van der Waals surface area (Å²) in [5.41, 5.74) is 2.50. The van der Waals surface area contributed by atoms with Gasteiger partial charge in [0.2, 0.25) is 0 Å². The first-order valence-electron chi connectivity index (χ1n) is 12.6. The van der Waals surface area contributed by atoms with Crippen molar-refractivity contribution >= 4 is 23.4 Å². The lowest BCUT2D eigenvalue weighted by atomic mass is 9.85. The van der Waals surface area contributed by atoms with Crippen molar-refractivity contribution in [3.63, 3.8) is 0 Å². The summed E-state index contributed by atoms with van der Waals surface area (Å²) in [6.45, 7) is 4.69. The first-order valence-corrected chi connectivity index (χ1v) is 12.9. The van der Waals surface area contributed by atoms with Crippen LogP contribution in [0.3, 0.4) is 0 Å². The van der Waals surface area contributed by atoms with E-state index in [0.717, 1.165) is 42.7 Å². The summed E-state index contributed by atoms with van der Waals surface area (Å²) in [6, 6.07) is 18.9. The van der Waals surface area contributed by atoms with Gasteiger partial charge in [-0.05, 0) is 41.5 Å². The summed E-state index contributed by atoms with van der Waals surface area (Å²) >= 11 is 6.14. The molecule has 4 aliphatic rings. The number of rotatable bonds is 7. The van der Waals surface area contributed by atoms with E-state index in [1.54, 1.807) is 0 Å². The molecule has 2 aromatic carbocycles. The van der Waals surface area contributed by atoms with Crippen molar-refractivity contribution in [2.45, 2.75) is 12.5 Å². The number of allylic oxidation sites excluding steroid dienone is 2. The number of fused-ring (bicyclic) bond motifs is 5. The molecule has 1 saturated carbocycles. The fourth-order valence-corrected chi connectivity index (χ4v) is 6.53. The Hall–Kier alpha value is -2.51. The smallest absolute Gasteiger partial charge is 0.258 e. The van der Waals surface area contributed by atoms with Gasteiger partial charge in [0.25, 0.3) is 11.8 Å². The second-order valence-electron chi connectivity index (χ2n) is 10.0. The molecule has 2 aliphatic carbocycles. The van der Waals surface area contributed by atoms with Crippen LogP contribution in [-0.4, -0.2) is 66.0 Å². The number of hydrogen-bond acceptors (Lipinski definition) is 5. The van der Waals surface area contributed by atoms with E-state index in [0.29, 0.717) is 13.2 Å². The molecule has 6 nitrogen and oxygen atoms in total. The number of hydroxylamine groups is 2. The van der Waals surface area contributed by atoms with Crippen LogP contribution in [0.4, 0.5) is 0 Å². The summed E-state index contributed by atoms with van der Waals surface area (Å²) in [6.07, 6.45) is 5.14. The molecule has 0 N–H and O–H groups in total. The normalized spacial score (nSPS) is 29.2. The van der Waals surface area contributed by atoms with Crippen molar-refractivity contribution in [3.8, 4) is 0 Å². The Kier molecular flexibility index (Phi) is 6.23. The Bertz CT molecular complexity index is 1080. The van der Waals surface area contributed by atoms with Gasteiger partial charge in [0.1, 0.15) is 0 Å². The van der Waals surface area contributed by atoms with E-state index in [9.17, 15) is 9.59 Å². The predicted octanol–water partition coefficient (Wildman–Crippen LogP) is 3.79. The SMILES string of the molecule is O=C1C2C(C(=O)N1OCCN1CCN(C(c3ccccc3)c3ccc(Cl)cc3)CC1)[C@H]1C=C[C@@H]2C1. The molecule has 0 aromatic heterocycles. The second-order valence-corrected chi connectivity index (χ2v) is 10.5. The van der Waals surface area contributed by atoms with Gasteiger partial charge < -0.3 is 0 Å². The zero-order valence-corrected chi connectivity index (χ0v) is 20.4. The zero-order valence-electron chi connectivity index (χ0n) is 19.6. The molecule has 2 bridgehead atoms. The lowest BCUT2D eigenvalue weighted by molar-refractivity contribution is -0.191. The van der Waals surface area contributed by atoms with Crippen LogP contribution in [0, 0.1) is 23.7 Å². The summed E-state index contributed by atoms with van der Waals surface area (Å²) in [5.74, 6) is -0.277. The van der Waals surface area contributed by atoms with Crippen molar-refractivity contribution < 1.29 is 14.4 Å². The summed E-state index contributed by atoms with van der Waals surface area (Å²) in [5, 5.41) is 1.82. The Morgan fingerprint density at radius 1 is 0.829 bits per heavy atom. The second kappa shape index (κ2) is 9.51. The highest BCUT2D eigenvalue weighted by Gasteiger charge is 2.60. The van der Waals surface area contributed by atoms with Gasteiger partial charge in [-0.3, -0.25) is 24.2 Å². The molecule has 182 valence electrons. The molecule has 2 aromatic rings. The molecule has 2 aliphatic heterocycles. The molecule has 2 saturated heterocycles. The van der Waals surface area contributed by atoms with Crippen LogP contribution in [0.2, 0.25) is 5.02 Å². The molecule has 35 heavy (non-hydrogen) atoms. The Morgan fingerprint density at radius 3 is 2.06 bits per heavy atom. The fraction of sp³-hybridized carbons (Fsp3) is 0.429. The van der Waals surface area contributed by atoms with E-state index in [1.165, 1.54) is 11.1 Å². The average molecular weight is 492 g/mol. The number of imide groups is 1. The Morgan fingerprint density at radius 2 is 1.43 bits per heavy atom. The highest BCUT2D eigenvalue weighted by atomic mass is 35.5. The monoisotopic (exact) mass is 491 g/mol. The predicted molar refractivity (Wildman–Crippen MR) is 133 cm³/mol. The van der Waals surface area contributed by atoms with Crippen LogP contribution in [0.25, 0.3) is 0 Å². The van der Waals surface area contributed by atoms with Gasteiger partial charge in [-0.1, -0.05) is 66.2 Å². The van der Waals surface area contributed by atoms with Crippen molar-refractivity contribution in [3.05, 3.63) is 82.9 Å². The largest absolute Gasteiger partial charge is 0.298 e. The molecular weight excluding hydrogens is 462 g/mol. The van der Waals surface area contributed by atoms with Crippen LogP contribution in [-0.2, 0) is 14.4 Å². The first kappa shape index (κ1) is 22.9. The maximum Gasteiger partial charge on any atom is 0.258 e. The van der Waals surface area contributed by atoms with E-state index in [-0.39, 0.29) is 41.5 Å². The number of halogens is 1. The van der Waals surface area contributed by atoms with Crippen molar-refractivity contribution in [1.82, 2.24) is 14.9 Å². The zero-order chi connectivity index (χ0) is 23.9. The standard InChI is InChI=1S/C28H30ClN3O3/c29-23-10-8-20(9-11-23)26(19-4-2-1-3-5-19)31-14-12-30(13-15-31)16-17-35-32-27(33)24-21-6-7-22(18-21)25(24)28(32)34/h1-11,21-22,24-26H,12-18H2/t21-,22+,24?,25?,26?. The lowest BCUT2D eigenvalue weighted by Gasteiger charge is -2.39. The van der Waals surface area contributed by atoms with Gasteiger partial charge in [-0.2, -0.15) is 5.06 Å². The highest BCUT2D eigenvalue weighted by Crippen LogP contribution is 2.52. The van der Waals surface area contributed by atoms with E-state index in [1.807, 2.05) is 18.2 Å². The number of benzene rings is 2. The highest BCUT2D eigenvalue weighted by molar-refractivity contribution is 6.30. The van der Waals surface area contributed by atoms with Crippen LogP contribution in [0.1, 0.15) is 23.6 Å². The Balaban J connectivity index is 1.04. The molecule has 2 amide bonds. The van der Waals surface area contributed by atoms with Gasteiger partial charge in [0.05, 0.1) is 24.5 Å². The van der Waals surface area contributed by atoms with Gasteiger partial charge in [0.15, 0.2) is 0 Å². The third-order valence-corrected chi connectivity index (χ3v) is 8.38. The number of amides is 2. The molecule has 0 radical (unpaired) electrons. The van der Waals surface area contributed by atoms with Gasteiger partial charge >= 0.3 is 0 Å². The maximum absolute atomic E-state index is 12.8. The van der Waals surface area contributed by atoms with Crippen molar-refractivity contribution in [2.75, 3.05) is 39.3 Å². The summed E-state index contributed by atoms with van der Waals surface area (Å²) < 4.78 is 0. The molecule has 5 atom stereocenters. The number of carbonyl (C=O) groups is 2. The summed E-state index contributed by atoms with van der Waals surface area (Å²) in [4.78, 5) is 36.2. The van der Waals surface area contributed by atoms with E-state index < -0.39 is 0 Å². The molecule has 7 heteroatoms. The van der Waals surface area contributed by atoms with Crippen molar-refractivity contribution in [1.29, 1.82) is 0 Å². The molecule has 3 fully saturated rings. The molecular formula is C28H30ClN3O3. The van der Waals surface area contributed by atoms with Crippen LogP contribution in [0.15, 0.2) is 66.7 Å². The number of hydrogen-bond donors (Lipinski definition) is 0. The number of nitrogens with zero attached hydrogens (tertiary/aromatic N) is 3. The first-order chi connectivity index (χ1) is 17.1. The van der Waals surface area contributed by atoms with Gasteiger partial charge in [-0.15, -0.1) is 0 Å². The average Bonchev–Trinajstić information content (AvgIpc) is 3.57. The number of carbonyl (C=O) groups excluding carboxylic acids is 2. The van der Waals surface area contributed by atoms with E-state index in [4.69, 9.17) is 16.4 Å². The van der Waals surface area contributed by atoms with Crippen molar-refractivity contribution in [2.24, 2.45) is 23.7 Å². The van der Waals surface area contributed by atoms with E-state index in [2.05, 4.69) is 58.4 Å². The molecule has 6 rings (SSSR count). The third kappa shape index (κ3) is 4.23. The lowest BCUT2D eigenvalue weighted by Crippen LogP contribution is -2.49. The quantitative estimate of drug-likeness (QED) is 0.436. The van der Waals surface area contributed by atoms with E-state index >= 15 is 0 Å². The topological polar surface area (TPSA) is 53.1 Å². The van der Waals surface area contributed by atoms with Gasteiger partial charge in [0, 0.05) is 37.7 Å². The van der Waals surface area contributed by atoms with Crippen LogP contribution in [0.5, 0.6) is 0 Å². The van der Waals surface area contributed by atoms with Crippen LogP contribution >= 0.6 is 11.6 Å². The van der Waals surface area contributed by atoms with Gasteiger partial charge in [-0.25, -0.2) is 0 Å². The molecule has 3 unspecified atom stereocenters. The fourth-order valence-electron chi connectivity index (χ4n) is 6.40. The minimum Gasteiger partial charge on any atom is -0.298 e. The minimum atomic E-state index is -0.205. The Labute approximate surface area is 211 Å². The maximum atomic E-state index is 12.8. The van der Waals surface area contributed by atoms with Crippen LogP contribution < -0.4 is 0 Å². The third-order valence-electron chi connectivity index (χ3n) is 8.13. The number of piperazine rings is 1. The molecule has 0 spiro atoms. The minimum absolute atomic E-state index is 0.143. The molecule has 2 heterocycles.